The maximum atomic E-state index is 4.38. The zero-order valence-electron chi connectivity index (χ0n) is 8.61. The molecule has 1 fully saturated rings. The van der Waals surface area contributed by atoms with Crippen molar-refractivity contribution >= 4 is 5.82 Å². The van der Waals surface area contributed by atoms with Crippen LogP contribution in [0.4, 0.5) is 5.82 Å². The van der Waals surface area contributed by atoms with E-state index in [2.05, 4.69) is 28.2 Å². The summed E-state index contributed by atoms with van der Waals surface area (Å²) in [7, 11) is 0. The van der Waals surface area contributed by atoms with Crippen molar-refractivity contribution in [3.63, 3.8) is 0 Å². The van der Waals surface area contributed by atoms with Crippen molar-refractivity contribution in [1.29, 1.82) is 0 Å². The molecule has 1 atom stereocenters. The van der Waals surface area contributed by atoms with E-state index in [-0.39, 0.29) is 0 Å². The average Bonchev–Trinajstić information content (AvgIpc) is 2.44. The van der Waals surface area contributed by atoms with Crippen LogP contribution in [0.25, 0.3) is 0 Å². The second kappa shape index (κ2) is 4.42. The fourth-order valence-electron chi connectivity index (χ4n) is 1.84. The summed E-state index contributed by atoms with van der Waals surface area (Å²) in [6, 6.07) is 6.09. The van der Waals surface area contributed by atoms with E-state index in [4.69, 9.17) is 0 Å². The fourth-order valence-corrected chi connectivity index (χ4v) is 1.84. The van der Waals surface area contributed by atoms with Crippen LogP contribution >= 0.6 is 0 Å². The molecule has 76 valence electrons. The average molecular weight is 191 g/mol. The van der Waals surface area contributed by atoms with Crippen LogP contribution in [0, 0.1) is 5.92 Å². The van der Waals surface area contributed by atoms with Gasteiger partial charge in [0.1, 0.15) is 5.82 Å². The van der Waals surface area contributed by atoms with Gasteiger partial charge in [-0.25, -0.2) is 4.98 Å². The molecule has 3 heteroatoms. The highest BCUT2D eigenvalue weighted by atomic mass is 15.2. The van der Waals surface area contributed by atoms with Crippen LogP contribution in [0.2, 0.25) is 0 Å². The molecule has 1 aromatic heterocycles. The van der Waals surface area contributed by atoms with Crippen LogP contribution in [0.3, 0.4) is 0 Å². The molecular weight excluding hydrogens is 174 g/mol. The highest BCUT2D eigenvalue weighted by Gasteiger charge is 2.14. The lowest BCUT2D eigenvalue weighted by Crippen LogP contribution is -2.29. The third kappa shape index (κ3) is 2.23. The van der Waals surface area contributed by atoms with Gasteiger partial charge in [0.05, 0.1) is 0 Å². The van der Waals surface area contributed by atoms with Crippen molar-refractivity contribution in [1.82, 2.24) is 10.3 Å². The smallest absolute Gasteiger partial charge is 0.128 e. The van der Waals surface area contributed by atoms with Crippen molar-refractivity contribution in [2.75, 3.05) is 31.1 Å². The molecule has 0 amide bonds. The lowest BCUT2D eigenvalue weighted by atomic mass is 10.2. The van der Waals surface area contributed by atoms with E-state index in [1.807, 2.05) is 18.3 Å². The van der Waals surface area contributed by atoms with Crippen LogP contribution in [0.5, 0.6) is 0 Å². The summed E-state index contributed by atoms with van der Waals surface area (Å²) in [4.78, 5) is 6.73. The minimum absolute atomic E-state index is 0.694. The molecule has 1 saturated heterocycles. The Morgan fingerprint density at radius 2 is 2.43 bits per heavy atom. The molecule has 0 aromatic carbocycles. The molecule has 1 N–H and O–H groups in total. The Kier molecular flexibility index (Phi) is 2.99. The van der Waals surface area contributed by atoms with Gasteiger partial charge in [0.2, 0.25) is 0 Å². The Balaban J connectivity index is 2.09. The first-order valence-corrected chi connectivity index (χ1v) is 5.23. The summed E-state index contributed by atoms with van der Waals surface area (Å²) in [6.45, 7) is 6.60. The first kappa shape index (κ1) is 9.46. The van der Waals surface area contributed by atoms with Crippen molar-refractivity contribution in [3.8, 4) is 0 Å². The standard InChI is InChI=1S/C11H17N3/c1-10-8-12-6-7-14(9-10)11-4-2-3-5-13-11/h2-5,10,12H,6-9H2,1H3. The topological polar surface area (TPSA) is 28.2 Å². The van der Waals surface area contributed by atoms with Crippen molar-refractivity contribution in [3.05, 3.63) is 24.4 Å². The van der Waals surface area contributed by atoms with E-state index in [0.29, 0.717) is 5.92 Å². The van der Waals surface area contributed by atoms with Gasteiger partial charge in [-0.3, -0.25) is 0 Å². The largest absolute Gasteiger partial charge is 0.355 e. The molecule has 0 spiro atoms. The number of nitrogens with zero attached hydrogens (tertiary/aromatic N) is 2. The Hall–Kier alpha value is -1.09. The molecule has 1 aromatic rings. The summed E-state index contributed by atoms with van der Waals surface area (Å²) < 4.78 is 0. The second-order valence-electron chi connectivity index (χ2n) is 3.94. The first-order valence-electron chi connectivity index (χ1n) is 5.23. The number of nitrogens with one attached hydrogen (secondary N) is 1. The van der Waals surface area contributed by atoms with Crippen LogP contribution < -0.4 is 10.2 Å². The molecule has 0 bridgehead atoms. The van der Waals surface area contributed by atoms with Crippen molar-refractivity contribution in [2.24, 2.45) is 5.92 Å². The molecule has 0 radical (unpaired) electrons. The Bertz CT molecular complexity index is 273. The third-order valence-corrected chi connectivity index (χ3v) is 2.56. The maximum absolute atomic E-state index is 4.38. The normalized spacial score (nSPS) is 23.2. The van der Waals surface area contributed by atoms with Crippen molar-refractivity contribution < 1.29 is 0 Å². The zero-order valence-corrected chi connectivity index (χ0v) is 8.61. The number of pyridine rings is 1. The van der Waals surface area contributed by atoms with E-state index in [1.54, 1.807) is 0 Å². The minimum Gasteiger partial charge on any atom is -0.355 e. The van der Waals surface area contributed by atoms with Gasteiger partial charge in [-0.05, 0) is 24.6 Å². The van der Waals surface area contributed by atoms with Crippen LogP contribution in [0.15, 0.2) is 24.4 Å². The SMILES string of the molecule is CC1CNCCN(c2ccccn2)C1. The van der Waals surface area contributed by atoms with Gasteiger partial charge < -0.3 is 10.2 Å². The lowest BCUT2D eigenvalue weighted by molar-refractivity contribution is 0.563. The first-order chi connectivity index (χ1) is 6.86. The monoisotopic (exact) mass is 191 g/mol. The van der Waals surface area contributed by atoms with Gasteiger partial charge in [0.15, 0.2) is 0 Å². The number of anilines is 1. The molecule has 3 nitrogen and oxygen atoms in total. The molecule has 2 rings (SSSR count). The fraction of sp³-hybridized carbons (Fsp3) is 0.545. The summed E-state index contributed by atoms with van der Waals surface area (Å²) in [5.74, 6) is 1.79. The maximum Gasteiger partial charge on any atom is 0.128 e. The second-order valence-corrected chi connectivity index (χ2v) is 3.94. The van der Waals surface area contributed by atoms with E-state index in [0.717, 1.165) is 32.0 Å². The molecule has 1 unspecified atom stereocenters. The summed E-state index contributed by atoms with van der Waals surface area (Å²) in [5.41, 5.74) is 0. The lowest BCUT2D eigenvalue weighted by Gasteiger charge is -2.22. The van der Waals surface area contributed by atoms with Gasteiger partial charge in [-0.1, -0.05) is 13.0 Å². The van der Waals surface area contributed by atoms with E-state index in [1.165, 1.54) is 0 Å². The zero-order chi connectivity index (χ0) is 9.80. The predicted molar refractivity (Wildman–Crippen MR) is 58.5 cm³/mol. The van der Waals surface area contributed by atoms with Crippen LogP contribution in [-0.2, 0) is 0 Å². The Labute approximate surface area is 85.1 Å². The van der Waals surface area contributed by atoms with Gasteiger partial charge in [0, 0.05) is 25.8 Å². The highest BCUT2D eigenvalue weighted by molar-refractivity contribution is 5.37. The molecule has 1 aliphatic rings. The number of hydrogen-bond donors (Lipinski definition) is 1. The Morgan fingerprint density at radius 3 is 3.21 bits per heavy atom. The number of rotatable bonds is 1. The van der Waals surface area contributed by atoms with Crippen LogP contribution in [-0.4, -0.2) is 31.2 Å². The van der Waals surface area contributed by atoms with E-state index >= 15 is 0 Å². The number of aromatic nitrogens is 1. The predicted octanol–water partition coefficient (Wildman–Crippen LogP) is 1.13. The molecule has 0 saturated carbocycles. The van der Waals surface area contributed by atoms with Gasteiger partial charge in [0.25, 0.3) is 0 Å². The molecular formula is C11H17N3. The minimum atomic E-state index is 0.694. The van der Waals surface area contributed by atoms with Gasteiger partial charge >= 0.3 is 0 Å². The molecule has 2 heterocycles. The third-order valence-electron chi connectivity index (χ3n) is 2.56. The Morgan fingerprint density at radius 1 is 1.50 bits per heavy atom. The summed E-state index contributed by atoms with van der Waals surface area (Å²) >= 11 is 0. The van der Waals surface area contributed by atoms with Gasteiger partial charge in [-0.15, -0.1) is 0 Å². The highest BCUT2D eigenvalue weighted by Crippen LogP contribution is 2.12. The summed E-state index contributed by atoms with van der Waals surface area (Å²) in [5, 5.41) is 3.43. The molecule has 14 heavy (non-hydrogen) atoms. The summed E-state index contributed by atoms with van der Waals surface area (Å²) in [6.07, 6.45) is 1.86. The number of hydrogen-bond acceptors (Lipinski definition) is 3. The van der Waals surface area contributed by atoms with Gasteiger partial charge in [-0.2, -0.15) is 0 Å². The van der Waals surface area contributed by atoms with Crippen molar-refractivity contribution in [2.45, 2.75) is 6.92 Å². The van der Waals surface area contributed by atoms with Crippen LogP contribution in [0.1, 0.15) is 6.92 Å². The molecule has 0 aliphatic carbocycles. The molecule has 1 aliphatic heterocycles. The van der Waals surface area contributed by atoms with E-state index < -0.39 is 0 Å². The quantitative estimate of drug-likeness (QED) is 0.721. The van der Waals surface area contributed by atoms with E-state index in [9.17, 15) is 0 Å².